The van der Waals surface area contributed by atoms with Crippen LogP contribution < -0.4 is 5.32 Å². The van der Waals surface area contributed by atoms with E-state index in [0.29, 0.717) is 22.0 Å². The molecule has 1 aromatic heterocycles. The fourth-order valence-electron chi connectivity index (χ4n) is 2.37. The number of aromatic nitrogens is 1. The molecule has 118 valence electrons. The minimum Gasteiger partial charge on any atom is -0.361 e. The highest BCUT2D eigenvalue weighted by atomic mass is 35.5. The summed E-state index contributed by atoms with van der Waals surface area (Å²) in [6, 6.07) is 12.6. The lowest BCUT2D eigenvalue weighted by Gasteiger charge is -2.09. The summed E-state index contributed by atoms with van der Waals surface area (Å²) in [5, 5.41) is 4.45. The molecule has 3 aromatic rings. The Morgan fingerprint density at radius 1 is 1.22 bits per heavy atom. The first-order chi connectivity index (χ1) is 11.0. The topological polar surface area (TPSA) is 62.0 Å². The van der Waals surface area contributed by atoms with Crippen LogP contribution in [0.1, 0.15) is 15.9 Å². The molecule has 0 fully saturated rings. The van der Waals surface area contributed by atoms with Gasteiger partial charge in [0.15, 0.2) is 0 Å². The van der Waals surface area contributed by atoms with Gasteiger partial charge in [-0.05, 0) is 47.3 Å². The minimum atomic E-state index is -0.996. The van der Waals surface area contributed by atoms with Crippen molar-refractivity contribution in [1.29, 1.82) is 0 Å². The van der Waals surface area contributed by atoms with E-state index in [4.69, 9.17) is 11.6 Å². The van der Waals surface area contributed by atoms with E-state index < -0.39 is 10.8 Å². The Kier molecular flexibility index (Phi) is 4.50. The van der Waals surface area contributed by atoms with Gasteiger partial charge in [-0.1, -0.05) is 17.7 Å². The van der Waals surface area contributed by atoms with Crippen molar-refractivity contribution in [3.05, 3.63) is 64.8 Å². The van der Waals surface area contributed by atoms with E-state index in [2.05, 4.69) is 10.3 Å². The van der Waals surface area contributed by atoms with Crippen molar-refractivity contribution in [2.75, 3.05) is 11.6 Å². The molecule has 0 radical (unpaired) electrons. The number of nitrogens with one attached hydrogen (secondary N) is 2. The van der Waals surface area contributed by atoms with Crippen molar-refractivity contribution < 1.29 is 9.00 Å². The average molecular weight is 347 g/mol. The molecule has 0 spiro atoms. The molecule has 1 atom stereocenters. The summed E-state index contributed by atoms with van der Waals surface area (Å²) in [7, 11) is -0.996. The number of anilines is 1. The van der Waals surface area contributed by atoms with Gasteiger partial charge in [-0.2, -0.15) is 0 Å². The third-order valence-corrected chi connectivity index (χ3v) is 4.57. The minimum absolute atomic E-state index is 0.201. The molecule has 0 aliphatic carbocycles. The van der Waals surface area contributed by atoms with Crippen LogP contribution in [-0.4, -0.2) is 21.4 Å². The van der Waals surface area contributed by atoms with Crippen molar-refractivity contribution in [2.45, 2.75) is 5.75 Å². The molecule has 1 heterocycles. The van der Waals surface area contributed by atoms with Crippen molar-refractivity contribution in [3.8, 4) is 0 Å². The molecule has 4 nitrogen and oxygen atoms in total. The van der Waals surface area contributed by atoms with Gasteiger partial charge < -0.3 is 10.3 Å². The fourth-order valence-corrected chi connectivity index (χ4v) is 3.31. The van der Waals surface area contributed by atoms with E-state index in [1.165, 1.54) is 0 Å². The zero-order chi connectivity index (χ0) is 16.4. The predicted molar refractivity (Wildman–Crippen MR) is 95.5 cm³/mol. The first-order valence-electron chi connectivity index (χ1n) is 7.00. The third kappa shape index (κ3) is 3.63. The van der Waals surface area contributed by atoms with Crippen LogP contribution in [0.15, 0.2) is 48.7 Å². The van der Waals surface area contributed by atoms with E-state index in [0.717, 1.165) is 16.5 Å². The number of carbonyl (C=O) groups is 1. The van der Waals surface area contributed by atoms with Gasteiger partial charge in [-0.3, -0.25) is 9.00 Å². The summed E-state index contributed by atoms with van der Waals surface area (Å²) in [5.41, 5.74) is 2.86. The van der Waals surface area contributed by atoms with Crippen molar-refractivity contribution in [1.82, 2.24) is 4.98 Å². The van der Waals surface area contributed by atoms with Gasteiger partial charge >= 0.3 is 0 Å². The van der Waals surface area contributed by atoms with E-state index in [1.54, 1.807) is 30.5 Å². The summed E-state index contributed by atoms with van der Waals surface area (Å²) in [4.78, 5) is 15.5. The Balaban J connectivity index is 1.83. The Morgan fingerprint density at radius 2 is 2.04 bits per heavy atom. The quantitative estimate of drug-likeness (QED) is 0.751. The number of halogens is 1. The number of hydrogen-bond acceptors (Lipinski definition) is 2. The van der Waals surface area contributed by atoms with Crippen molar-refractivity contribution >= 4 is 44.9 Å². The smallest absolute Gasteiger partial charge is 0.255 e. The lowest BCUT2D eigenvalue weighted by atomic mass is 10.1. The maximum Gasteiger partial charge on any atom is 0.255 e. The molecule has 1 unspecified atom stereocenters. The summed E-state index contributed by atoms with van der Waals surface area (Å²) < 4.78 is 11.4. The summed E-state index contributed by atoms with van der Waals surface area (Å²) in [6.07, 6.45) is 3.45. The zero-order valence-corrected chi connectivity index (χ0v) is 14.0. The van der Waals surface area contributed by atoms with Gasteiger partial charge in [0, 0.05) is 50.8 Å². The molecule has 23 heavy (non-hydrogen) atoms. The first kappa shape index (κ1) is 15.8. The highest BCUT2D eigenvalue weighted by Crippen LogP contribution is 2.23. The Labute approximate surface area is 141 Å². The number of amides is 1. The monoisotopic (exact) mass is 346 g/mol. The van der Waals surface area contributed by atoms with Gasteiger partial charge in [-0.25, -0.2) is 0 Å². The molecular weight excluding hydrogens is 332 g/mol. The van der Waals surface area contributed by atoms with Gasteiger partial charge in [0.25, 0.3) is 5.91 Å². The predicted octanol–water partition coefficient (Wildman–Crippen LogP) is 3.95. The molecule has 1 amide bonds. The summed E-state index contributed by atoms with van der Waals surface area (Å²) in [6.45, 7) is 0. The standard InChI is InChI=1S/C17H15ClN2O2S/c1-23(22)10-13-8-14(4-5-15(13)18)20-17(21)12-3-2-11-6-7-19-16(11)9-12/h2-9,19H,10H2,1H3,(H,20,21). The Hall–Kier alpha value is -2.11. The highest BCUT2D eigenvalue weighted by molar-refractivity contribution is 7.83. The lowest BCUT2D eigenvalue weighted by Crippen LogP contribution is -2.12. The van der Waals surface area contributed by atoms with Crippen LogP contribution in [0, 0.1) is 0 Å². The SMILES string of the molecule is CS(=O)Cc1cc(NC(=O)c2ccc3cc[nH]c3c2)ccc1Cl. The molecule has 0 bridgehead atoms. The Bertz CT molecular complexity index is 904. The van der Waals surface area contributed by atoms with Crippen LogP contribution in [0.2, 0.25) is 5.02 Å². The number of hydrogen-bond donors (Lipinski definition) is 2. The normalized spacial score (nSPS) is 12.3. The van der Waals surface area contributed by atoms with Crippen LogP contribution in [0.4, 0.5) is 5.69 Å². The largest absolute Gasteiger partial charge is 0.361 e. The number of fused-ring (bicyclic) bond motifs is 1. The van der Waals surface area contributed by atoms with E-state index in [9.17, 15) is 9.00 Å². The second kappa shape index (κ2) is 6.56. The van der Waals surface area contributed by atoms with E-state index >= 15 is 0 Å². The summed E-state index contributed by atoms with van der Waals surface area (Å²) >= 11 is 6.10. The highest BCUT2D eigenvalue weighted by Gasteiger charge is 2.10. The number of aromatic amines is 1. The molecule has 6 heteroatoms. The van der Waals surface area contributed by atoms with Crippen molar-refractivity contribution in [3.63, 3.8) is 0 Å². The number of H-pyrrole nitrogens is 1. The van der Waals surface area contributed by atoms with E-state index in [1.807, 2.05) is 24.4 Å². The van der Waals surface area contributed by atoms with Gasteiger partial charge in [-0.15, -0.1) is 0 Å². The molecule has 2 aromatic carbocycles. The van der Waals surface area contributed by atoms with Gasteiger partial charge in [0.05, 0.1) is 0 Å². The van der Waals surface area contributed by atoms with Crippen LogP contribution in [-0.2, 0) is 16.6 Å². The molecule has 0 aliphatic heterocycles. The second-order valence-corrected chi connectivity index (χ2v) is 7.10. The third-order valence-electron chi connectivity index (χ3n) is 3.48. The molecule has 3 rings (SSSR count). The number of carbonyl (C=O) groups excluding carboxylic acids is 1. The van der Waals surface area contributed by atoms with Gasteiger partial charge in [0.2, 0.25) is 0 Å². The van der Waals surface area contributed by atoms with E-state index in [-0.39, 0.29) is 5.91 Å². The van der Waals surface area contributed by atoms with Gasteiger partial charge in [0.1, 0.15) is 0 Å². The summed E-state index contributed by atoms with van der Waals surface area (Å²) in [5.74, 6) is 0.157. The lowest BCUT2D eigenvalue weighted by molar-refractivity contribution is 0.102. The molecule has 0 saturated carbocycles. The maximum atomic E-state index is 12.4. The van der Waals surface area contributed by atoms with Crippen molar-refractivity contribution in [2.24, 2.45) is 0 Å². The van der Waals surface area contributed by atoms with Crippen LogP contribution in [0.3, 0.4) is 0 Å². The fraction of sp³-hybridized carbons (Fsp3) is 0.118. The first-order valence-corrected chi connectivity index (χ1v) is 9.10. The average Bonchev–Trinajstić information content (AvgIpc) is 2.97. The molecule has 2 N–H and O–H groups in total. The van der Waals surface area contributed by atoms with Crippen LogP contribution in [0.5, 0.6) is 0 Å². The molecule has 0 aliphatic rings. The number of benzene rings is 2. The molecule has 0 saturated heterocycles. The maximum absolute atomic E-state index is 12.4. The second-order valence-electron chi connectivity index (χ2n) is 5.26. The van der Waals surface area contributed by atoms with Crippen LogP contribution >= 0.6 is 11.6 Å². The van der Waals surface area contributed by atoms with Crippen LogP contribution in [0.25, 0.3) is 10.9 Å². The Morgan fingerprint density at radius 3 is 2.83 bits per heavy atom. The molecular formula is C17H15ClN2O2S. The number of rotatable bonds is 4. The zero-order valence-electron chi connectivity index (χ0n) is 12.4.